The van der Waals surface area contributed by atoms with Gasteiger partial charge in [-0.2, -0.15) is 4.98 Å². The van der Waals surface area contributed by atoms with Gasteiger partial charge in [-0.25, -0.2) is 0 Å². The van der Waals surface area contributed by atoms with E-state index in [0.29, 0.717) is 24.7 Å². The highest BCUT2D eigenvalue weighted by atomic mass is 16.5. The number of nitrogens with one attached hydrogen (secondary N) is 1. The van der Waals surface area contributed by atoms with Crippen LogP contribution in [0.4, 0.5) is 0 Å². The van der Waals surface area contributed by atoms with Crippen LogP contribution in [0.2, 0.25) is 0 Å². The summed E-state index contributed by atoms with van der Waals surface area (Å²) in [5.74, 6) is 0.911. The average Bonchev–Trinajstić information content (AvgIpc) is 2.97. The lowest BCUT2D eigenvalue weighted by atomic mass is 10.0. The van der Waals surface area contributed by atoms with Crippen LogP contribution in [0.5, 0.6) is 0 Å². The van der Waals surface area contributed by atoms with Crippen molar-refractivity contribution in [2.24, 2.45) is 0 Å². The first-order chi connectivity index (χ1) is 11.8. The molecule has 0 bridgehead atoms. The molecule has 0 aliphatic heterocycles. The Hall–Kier alpha value is -2.47. The number of benzene rings is 1. The first kappa shape index (κ1) is 18.9. The topological polar surface area (TPSA) is 71.3 Å². The smallest absolute Gasteiger partial charge is 0.240 e. The minimum atomic E-state index is -0.692. The van der Waals surface area contributed by atoms with E-state index in [9.17, 15) is 4.79 Å². The van der Waals surface area contributed by atoms with Crippen molar-refractivity contribution in [1.82, 2.24) is 20.4 Å². The summed E-state index contributed by atoms with van der Waals surface area (Å²) in [5.41, 5.74) is 1.59. The van der Waals surface area contributed by atoms with Gasteiger partial charge in [-0.15, -0.1) is 0 Å². The van der Waals surface area contributed by atoms with Crippen LogP contribution in [0.15, 0.2) is 34.9 Å². The van der Waals surface area contributed by atoms with Crippen molar-refractivity contribution in [2.75, 3.05) is 14.1 Å². The number of carbonyl (C=O) groups is 1. The third-order valence-electron chi connectivity index (χ3n) is 3.62. The third-order valence-corrected chi connectivity index (χ3v) is 3.62. The Morgan fingerprint density at radius 2 is 1.96 bits per heavy atom. The van der Waals surface area contributed by atoms with Crippen molar-refractivity contribution < 1.29 is 9.32 Å². The van der Waals surface area contributed by atoms with E-state index in [2.05, 4.69) is 15.5 Å². The van der Waals surface area contributed by atoms with E-state index in [4.69, 9.17) is 4.52 Å². The summed E-state index contributed by atoms with van der Waals surface area (Å²) in [4.78, 5) is 18.5. The molecule has 1 aromatic heterocycles. The van der Waals surface area contributed by atoms with Gasteiger partial charge in [0.25, 0.3) is 0 Å². The zero-order valence-electron chi connectivity index (χ0n) is 15.5. The molecular formula is C19H26N4O2. The van der Waals surface area contributed by atoms with Gasteiger partial charge in [0.05, 0.1) is 12.1 Å². The first-order valence-electron chi connectivity index (χ1n) is 8.28. The summed E-state index contributed by atoms with van der Waals surface area (Å²) >= 11 is 0. The van der Waals surface area contributed by atoms with Gasteiger partial charge in [0.15, 0.2) is 5.82 Å². The Bertz CT molecular complexity index is 730. The Kier molecular flexibility index (Phi) is 6.09. The fourth-order valence-corrected chi connectivity index (χ4v) is 2.28. The second-order valence-electron chi connectivity index (χ2n) is 6.94. The van der Waals surface area contributed by atoms with Crippen LogP contribution in [0.1, 0.15) is 43.1 Å². The van der Waals surface area contributed by atoms with Crippen LogP contribution in [-0.2, 0) is 16.9 Å². The highest BCUT2D eigenvalue weighted by Gasteiger charge is 2.28. The second kappa shape index (κ2) is 8.07. The number of hydrogen-bond acceptors (Lipinski definition) is 5. The fraction of sp³-hybridized carbons (Fsp3) is 0.421. The molecule has 2 rings (SSSR count). The Morgan fingerprint density at radius 3 is 2.60 bits per heavy atom. The number of carbonyl (C=O) groups excluding carboxylic acids is 1. The molecule has 1 aromatic carbocycles. The molecule has 6 nitrogen and oxygen atoms in total. The monoisotopic (exact) mass is 342 g/mol. The normalized spacial score (nSPS) is 12.1. The van der Waals surface area contributed by atoms with Crippen LogP contribution in [0, 0.1) is 6.92 Å². The molecule has 0 unspecified atom stereocenters. The Balaban J connectivity index is 1.91. The molecule has 0 aliphatic carbocycles. The lowest BCUT2D eigenvalue weighted by Crippen LogP contribution is -2.41. The van der Waals surface area contributed by atoms with Crippen molar-refractivity contribution >= 4 is 12.0 Å². The maximum Gasteiger partial charge on any atom is 0.240 e. The second-order valence-corrected chi connectivity index (χ2v) is 6.94. The van der Waals surface area contributed by atoms with Gasteiger partial charge in [-0.05, 0) is 40.4 Å². The van der Waals surface area contributed by atoms with Gasteiger partial charge >= 0.3 is 0 Å². The lowest BCUT2D eigenvalue weighted by molar-refractivity contribution is -0.122. The molecule has 0 fully saturated rings. The summed E-state index contributed by atoms with van der Waals surface area (Å²) in [6.45, 7) is 6.33. The summed E-state index contributed by atoms with van der Waals surface area (Å²) in [6.07, 6.45) is 4.08. The molecule has 25 heavy (non-hydrogen) atoms. The molecular weight excluding hydrogens is 316 g/mol. The van der Waals surface area contributed by atoms with Crippen molar-refractivity contribution in [1.29, 1.82) is 0 Å². The molecule has 1 N–H and O–H groups in total. The van der Waals surface area contributed by atoms with E-state index in [1.165, 1.54) is 5.56 Å². The van der Waals surface area contributed by atoms with E-state index in [1.807, 2.05) is 76.2 Å². The number of hydrogen-bond donors (Lipinski definition) is 1. The predicted octanol–water partition coefficient (Wildman–Crippen LogP) is 2.89. The van der Waals surface area contributed by atoms with Crippen LogP contribution in [0.3, 0.4) is 0 Å². The van der Waals surface area contributed by atoms with E-state index < -0.39 is 5.54 Å². The minimum Gasteiger partial charge on any atom is -0.344 e. The highest BCUT2D eigenvalue weighted by molar-refractivity contribution is 5.79. The van der Waals surface area contributed by atoms with Gasteiger partial charge in [0.2, 0.25) is 11.8 Å². The quantitative estimate of drug-likeness (QED) is 0.838. The Morgan fingerprint density at radius 1 is 1.28 bits per heavy atom. The van der Waals surface area contributed by atoms with Crippen LogP contribution in [0.25, 0.3) is 6.08 Å². The van der Waals surface area contributed by atoms with Gasteiger partial charge in [0, 0.05) is 6.42 Å². The number of rotatable bonds is 7. The minimum absolute atomic E-state index is 0.0904. The number of amides is 1. The molecule has 1 amide bonds. The number of aromatic nitrogens is 2. The molecule has 0 spiro atoms. The van der Waals surface area contributed by atoms with Gasteiger partial charge in [-0.1, -0.05) is 47.1 Å². The molecule has 134 valence electrons. The molecule has 0 saturated carbocycles. The summed E-state index contributed by atoms with van der Waals surface area (Å²) < 4.78 is 5.22. The maximum absolute atomic E-state index is 12.2. The van der Waals surface area contributed by atoms with Crippen molar-refractivity contribution in [3.05, 3.63) is 53.2 Å². The van der Waals surface area contributed by atoms with Crippen molar-refractivity contribution in [2.45, 2.75) is 39.3 Å². The molecule has 6 heteroatoms. The molecule has 0 radical (unpaired) electrons. The zero-order valence-corrected chi connectivity index (χ0v) is 15.5. The van der Waals surface area contributed by atoms with Crippen molar-refractivity contribution in [3.8, 4) is 0 Å². The maximum atomic E-state index is 12.2. The fourth-order valence-electron chi connectivity index (χ4n) is 2.28. The van der Waals surface area contributed by atoms with Crippen molar-refractivity contribution in [3.63, 3.8) is 0 Å². The highest BCUT2D eigenvalue weighted by Crippen LogP contribution is 2.17. The SMILES string of the molecule is Cc1ccc(C=CCC(=O)NC(C)(C)c2noc(CN(C)C)n2)cc1. The van der Waals surface area contributed by atoms with Crippen LogP contribution >= 0.6 is 0 Å². The predicted molar refractivity (Wildman–Crippen MR) is 97.7 cm³/mol. The summed E-state index contributed by atoms with van der Waals surface area (Å²) in [7, 11) is 3.86. The number of aryl methyl sites for hydroxylation is 1. The molecule has 0 saturated heterocycles. The lowest BCUT2D eigenvalue weighted by Gasteiger charge is -2.21. The summed E-state index contributed by atoms with van der Waals surface area (Å²) in [5, 5.41) is 6.93. The summed E-state index contributed by atoms with van der Waals surface area (Å²) in [6, 6.07) is 8.15. The van der Waals surface area contributed by atoms with E-state index in [-0.39, 0.29) is 5.91 Å². The molecule has 1 heterocycles. The number of nitrogens with zero attached hydrogens (tertiary/aromatic N) is 3. The van der Waals surface area contributed by atoms with E-state index in [1.54, 1.807) is 0 Å². The first-order valence-corrected chi connectivity index (χ1v) is 8.28. The molecule has 0 aliphatic rings. The van der Waals surface area contributed by atoms with Crippen LogP contribution in [-0.4, -0.2) is 35.0 Å². The van der Waals surface area contributed by atoms with E-state index >= 15 is 0 Å². The van der Waals surface area contributed by atoms with Crippen LogP contribution < -0.4 is 5.32 Å². The molecule has 2 aromatic rings. The molecule has 0 atom stereocenters. The third kappa shape index (κ3) is 5.83. The zero-order chi connectivity index (χ0) is 18.4. The average molecular weight is 342 g/mol. The van der Waals surface area contributed by atoms with E-state index in [0.717, 1.165) is 5.56 Å². The van der Waals surface area contributed by atoms with Gasteiger partial charge < -0.3 is 14.7 Å². The standard InChI is InChI=1S/C19H26N4O2/c1-14-9-11-15(12-10-14)7-6-8-16(24)21-19(2,3)18-20-17(25-22-18)13-23(4)5/h6-7,9-12H,8,13H2,1-5H3,(H,21,24). The Labute approximate surface area is 148 Å². The van der Waals surface area contributed by atoms with Gasteiger partial charge in [-0.3, -0.25) is 4.79 Å². The van der Waals surface area contributed by atoms with Gasteiger partial charge in [0.1, 0.15) is 0 Å². The largest absolute Gasteiger partial charge is 0.344 e.